The van der Waals surface area contributed by atoms with E-state index in [4.69, 9.17) is 0 Å². The van der Waals surface area contributed by atoms with Crippen molar-refractivity contribution in [1.29, 1.82) is 0 Å². The first-order chi connectivity index (χ1) is 9.82. The number of nitrogens with one attached hydrogen (secondary N) is 2. The molecule has 2 N–H and O–H groups in total. The summed E-state index contributed by atoms with van der Waals surface area (Å²) < 4.78 is 39.2. The Balaban J connectivity index is 1.99. The van der Waals surface area contributed by atoms with Gasteiger partial charge in [0.25, 0.3) is 0 Å². The first-order valence-corrected chi connectivity index (χ1v) is 6.70. The molecule has 1 unspecified atom stereocenters. The van der Waals surface area contributed by atoms with Crippen LogP contribution in [0.2, 0.25) is 0 Å². The summed E-state index contributed by atoms with van der Waals surface area (Å²) in [7, 11) is 0. The summed E-state index contributed by atoms with van der Waals surface area (Å²) in [5, 5.41) is 13.1. The highest BCUT2D eigenvalue weighted by Crippen LogP contribution is 2.27. The zero-order valence-electron chi connectivity index (χ0n) is 12.1. The molecule has 0 aliphatic carbocycles. The number of halogens is 3. The molecule has 8 heteroatoms. The lowest BCUT2D eigenvalue weighted by molar-refractivity contribution is -0.141. The second kappa shape index (κ2) is 5.88. The molecule has 0 amide bonds. The van der Waals surface area contributed by atoms with Crippen molar-refractivity contribution in [2.24, 2.45) is 0 Å². The first-order valence-electron chi connectivity index (χ1n) is 6.70. The highest BCUT2D eigenvalue weighted by molar-refractivity contribution is 5.20. The summed E-state index contributed by atoms with van der Waals surface area (Å²) >= 11 is 0. The average Bonchev–Trinajstić information content (AvgIpc) is 3.02. The molecule has 2 heterocycles. The molecule has 1 atom stereocenters. The van der Waals surface area contributed by atoms with Gasteiger partial charge in [-0.15, -0.1) is 0 Å². The van der Waals surface area contributed by atoms with Gasteiger partial charge in [-0.2, -0.15) is 23.4 Å². The number of alkyl halides is 3. The summed E-state index contributed by atoms with van der Waals surface area (Å²) in [4.78, 5) is 0. The molecule has 0 aliphatic heterocycles. The maximum absolute atomic E-state index is 12.4. The van der Waals surface area contributed by atoms with Gasteiger partial charge in [0.05, 0.1) is 6.20 Å². The van der Waals surface area contributed by atoms with Crippen molar-refractivity contribution in [3.05, 3.63) is 34.9 Å². The van der Waals surface area contributed by atoms with E-state index in [-0.39, 0.29) is 12.6 Å². The molecule has 0 bridgehead atoms. The molecule has 0 fully saturated rings. The minimum absolute atomic E-state index is 0.0112. The van der Waals surface area contributed by atoms with Crippen molar-refractivity contribution < 1.29 is 13.2 Å². The van der Waals surface area contributed by atoms with Crippen molar-refractivity contribution in [2.75, 3.05) is 0 Å². The highest BCUT2D eigenvalue weighted by atomic mass is 19.4. The molecule has 2 rings (SSSR count). The van der Waals surface area contributed by atoms with E-state index in [0.29, 0.717) is 5.69 Å². The number of aromatic amines is 1. The van der Waals surface area contributed by atoms with E-state index in [1.807, 2.05) is 25.5 Å². The molecule has 0 aliphatic rings. The molecule has 0 aromatic carbocycles. The number of aromatic nitrogens is 4. The van der Waals surface area contributed by atoms with Gasteiger partial charge in [-0.05, 0) is 26.8 Å². The van der Waals surface area contributed by atoms with Crippen LogP contribution in [0.3, 0.4) is 0 Å². The van der Waals surface area contributed by atoms with Gasteiger partial charge in [-0.25, -0.2) is 0 Å². The maximum atomic E-state index is 12.4. The lowest BCUT2D eigenvalue weighted by atomic mass is 10.1. The smallest absolute Gasteiger partial charge is 0.304 e. The second-order valence-electron chi connectivity index (χ2n) is 4.88. The van der Waals surface area contributed by atoms with Gasteiger partial charge in [0.1, 0.15) is 0 Å². The summed E-state index contributed by atoms with van der Waals surface area (Å²) in [5.74, 6) is 0. The zero-order valence-corrected chi connectivity index (χ0v) is 12.1. The molecule has 0 saturated heterocycles. The molecule has 5 nitrogen and oxygen atoms in total. The predicted molar refractivity (Wildman–Crippen MR) is 71.5 cm³/mol. The fraction of sp³-hybridized carbons (Fsp3) is 0.538. The minimum Gasteiger partial charge on any atom is -0.304 e. The normalized spacial score (nSPS) is 13.6. The fourth-order valence-electron chi connectivity index (χ4n) is 2.18. The maximum Gasteiger partial charge on any atom is 0.435 e. The van der Waals surface area contributed by atoms with Gasteiger partial charge in [-0.1, -0.05) is 0 Å². The highest BCUT2D eigenvalue weighted by Gasteiger charge is 2.33. The first kappa shape index (κ1) is 15.6. The summed E-state index contributed by atoms with van der Waals surface area (Å²) in [5.41, 5.74) is 1.59. The van der Waals surface area contributed by atoms with Crippen LogP contribution in [-0.2, 0) is 19.3 Å². The lowest BCUT2D eigenvalue weighted by Gasteiger charge is -2.13. The molecule has 0 radical (unpaired) electrons. The molecule has 2 aromatic rings. The van der Waals surface area contributed by atoms with Crippen molar-refractivity contribution in [3.8, 4) is 0 Å². The number of H-pyrrole nitrogens is 1. The Morgan fingerprint density at radius 2 is 2.14 bits per heavy atom. The Kier molecular flexibility index (Phi) is 4.36. The Hall–Kier alpha value is -1.83. The number of hydrogen-bond donors (Lipinski definition) is 2. The van der Waals surface area contributed by atoms with Crippen LogP contribution in [-0.4, -0.2) is 20.0 Å². The molecule has 116 valence electrons. The largest absolute Gasteiger partial charge is 0.435 e. The van der Waals surface area contributed by atoms with Gasteiger partial charge in [-0.3, -0.25) is 9.78 Å². The number of aryl methyl sites for hydroxylation is 1. The third kappa shape index (κ3) is 3.44. The number of hydrogen-bond acceptors (Lipinski definition) is 3. The molecular formula is C13H18F3N5. The second-order valence-corrected chi connectivity index (χ2v) is 4.88. The van der Waals surface area contributed by atoms with E-state index in [0.717, 1.165) is 23.9 Å². The van der Waals surface area contributed by atoms with E-state index >= 15 is 0 Å². The third-order valence-corrected chi connectivity index (χ3v) is 3.43. The molecule has 2 aromatic heterocycles. The van der Waals surface area contributed by atoms with Crippen LogP contribution in [0.5, 0.6) is 0 Å². The van der Waals surface area contributed by atoms with Crippen molar-refractivity contribution in [2.45, 2.75) is 46.1 Å². The Morgan fingerprint density at radius 3 is 2.67 bits per heavy atom. The standard InChI is InChI=1S/C13H18F3N5/c1-4-21-9(3)11(7-18-21)8(2)17-6-10-5-12(20-19-10)13(14,15)16/h5,7-8,17H,4,6H2,1-3H3,(H,19,20). The van der Waals surface area contributed by atoms with E-state index in [1.54, 1.807) is 6.20 Å². The molecule has 21 heavy (non-hydrogen) atoms. The van der Waals surface area contributed by atoms with Crippen molar-refractivity contribution in [3.63, 3.8) is 0 Å². The van der Waals surface area contributed by atoms with Crippen LogP contribution in [0.4, 0.5) is 13.2 Å². The minimum atomic E-state index is -4.42. The zero-order chi connectivity index (χ0) is 15.6. The van der Waals surface area contributed by atoms with E-state index in [1.165, 1.54) is 0 Å². The summed E-state index contributed by atoms with van der Waals surface area (Å²) in [6, 6.07) is 1.00. The van der Waals surface area contributed by atoms with E-state index < -0.39 is 11.9 Å². The van der Waals surface area contributed by atoms with Crippen LogP contribution in [0, 0.1) is 6.92 Å². The number of nitrogens with zero attached hydrogens (tertiary/aromatic N) is 3. The molecular weight excluding hydrogens is 283 g/mol. The van der Waals surface area contributed by atoms with Crippen LogP contribution >= 0.6 is 0 Å². The third-order valence-electron chi connectivity index (χ3n) is 3.43. The van der Waals surface area contributed by atoms with Crippen LogP contribution in [0.15, 0.2) is 12.3 Å². The average molecular weight is 301 g/mol. The SMILES string of the molecule is CCn1ncc(C(C)NCc2cc(C(F)(F)F)n[nH]2)c1C. The van der Waals surface area contributed by atoms with Crippen molar-refractivity contribution in [1.82, 2.24) is 25.3 Å². The van der Waals surface area contributed by atoms with Crippen LogP contribution < -0.4 is 5.32 Å². The van der Waals surface area contributed by atoms with Crippen LogP contribution in [0.1, 0.15) is 42.5 Å². The number of rotatable bonds is 5. The van der Waals surface area contributed by atoms with Crippen molar-refractivity contribution >= 4 is 0 Å². The van der Waals surface area contributed by atoms with Gasteiger partial charge < -0.3 is 5.32 Å². The fourth-order valence-corrected chi connectivity index (χ4v) is 2.18. The van der Waals surface area contributed by atoms with E-state index in [9.17, 15) is 13.2 Å². The monoisotopic (exact) mass is 301 g/mol. The Bertz CT molecular complexity index is 599. The molecule has 0 saturated carbocycles. The predicted octanol–water partition coefficient (Wildman–Crippen LogP) is 2.80. The summed E-state index contributed by atoms with van der Waals surface area (Å²) in [6.45, 7) is 6.99. The van der Waals surface area contributed by atoms with Gasteiger partial charge >= 0.3 is 6.18 Å². The topological polar surface area (TPSA) is 58.5 Å². The van der Waals surface area contributed by atoms with Gasteiger partial charge in [0.15, 0.2) is 5.69 Å². The van der Waals surface area contributed by atoms with Gasteiger partial charge in [0.2, 0.25) is 0 Å². The quantitative estimate of drug-likeness (QED) is 0.893. The Morgan fingerprint density at radius 1 is 1.43 bits per heavy atom. The lowest BCUT2D eigenvalue weighted by Crippen LogP contribution is -2.19. The van der Waals surface area contributed by atoms with Crippen LogP contribution in [0.25, 0.3) is 0 Å². The van der Waals surface area contributed by atoms with E-state index in [2.05, 4.69) is 20.6 Å². The molecule has 0 spiro atoms. The summed E-state index contributed by atoms with van der Waals surface area (Å²) in [6.07, 6.45) is -2.64. The van der Waals surface area contributed by atoms with Gasteiger partial charge in [0, 0.05) is 36.1 Å². The Labute approximate surface area is 120 Å².